The number of aromatic nitrogens is 1. The topological polar surface area (TPSA) is 116 Å². The van der Waals surface area contributed by atoms with E-state index in [1.165, 1.54) is 4.31 Å². The van der Waals surface area contributed by atoms with Gasteiger partial charge in [-0.3, -0.25) is 0 Å². The SMILES string of the molecule is CC(C)(CN)c1c(C(=O)O)[nH]c2ccc(CS(=O)(=O)N3CCCC3)cc12. The Kier molecular flexibility index (Phi) is 4.85. The van der Waals surface area contributed by atoms with Crippen molar-refractivity contribution in [2.45, 2.75) is 37.9 Å². The van der Waals surface area contributed by atoms with E-state index in [0.29, 0.717) is 35.1 Å². The number of H-pyrrole nitrogens is 1. The number of rotatable bonds is 6. The van der Waals surface area contributed by atoms with Crippen molar-refractivity contribution in [2.75, 3.05) is 19.6 Å². The fourth-order valence-electron chi connectivity index (χ4n) is 3.56. The lowest BCUT2D eigenvalue weighted by molar-refractivity contribution is 0.0688. The summed E-state index contributed by atoms with van der Waals surface area (Å²) in [6.07, 6.45) is 1.79. The molecule has 1 fully saturated rings. The number of carbonyl (C=O) groups is 1. The normalized spacial score (nSPS) is 16.4. The molecule has 1 aliphatic rings. The maximum absolute atomic E-state index is 12.6. The molecular weight excluding hydrogens is 354 g/mol. The number of benzene rings is 1. The summed E-state index contributed by atoms with van der Waals surface area (Å²) in [5.41, 5.74) is 7.35. The van der Waals surface area contributed by atoms with Gasteiger partial charge < -0.3 is 15.8 Å². The highest BCUT2D eigenvalue weighted by Crippen LogP contribution is 2.34. The van der Waals surface area contributed by atoms with Crippen LogP contribution < -0.4 is 5.73 Å². The molecule has 7 nitrogen and oxygen atoms in total. The number of nitrogens with zero attached hydrogens (tertiary/aromatic N) is 1. The lowest BCUT2D eigenvalue weighted by Gasteiger charge is -2.23. The molecule has 2 heterocycles. The number of aromatic carboxylic acids is 1. The van der Waals surface area contributed by atoms with Crippen LogP contribution in [0.25, 0.3) is 10.9 Å². The number of carboxylic acids is 1. The number of nitrogens with two attached hydrogens (primary N) is 1. The van der Waals surface area contributed by atoms with Gasteiger partial charge in [0.25, 0.3) is 0 Å². The van der Waals surface area contributed by atoms with Crippen LogP contribution in [0.3, 0.4) is 0 Å². The molecule has 1 aromatic heterocycles. The zero-order valence-corrected chi connectivity index (χ0v) is 15.9. The fraction of sp³-hybridized carbons (Fsp3) is 0.500. The summed E-state index contributed by atoms with van der Waals surface area (Å²) in [6.45, 7) is 5.19. The number of sulfonamides is 1. The van der Waals surface area contributed by atoms with E-state index in [1.807, 2.05) is 13.8 Å². The second kappa shape index (κ2) is 6.68. The minimum absolute atomic E-state index is 0.0843. The van der Waals surface area contributed by atoms with E-state index in [2.05, 4.69) is 4.98 Å². The zero-order chi connectivity index (χ0) is 19.1. The third-order valence-electron chi connectivity index (χ3n) is 5.07. The van der Waals surface area contributed by atoms with Gasteiger partial charge in [-0.05, 0) is 36.1 Å². The molecule has 0 spiro atoms. The van der Waals surface area contributed by atoms with Crippen LogP contribution in [-0.4, -0.2) is 48.4 Å². The molecule has 0 unspecified atom stereocenters. The molecule has 142 valence electrons. The van der Waals surface area contributed by atoms with E-state index in [9.17, 15) is 18.3 Å². The molecule has 2 aromatic rings. The van der Waals surface area contributed by atoms with Crippen LogP contribution in [0.15, 0.2) is 18.2 Å². The van der Waals surface area contributed by atoms with Crippen LogP contribution in [0.4, 0.5) is 0 Å². The number of hydrogen-bond acceptors (Lipinski definition) is 4. The van der Waals surface area contributed by atoms with Gasteiger partial charge in [0, 0.05) is 36.0 Å². The van der Waals surface area contributed by atoms with E-state index in [-0.39, 0.29) is 18.0 Å². The second-order valence-electron chi connectivity index (χ2n) is 7.51. The van der Waals surface area contributed by atoms with Gasteiger partial charge in [-0.2, -0.15) is 0 Å². The largest absolute Gasteiger partial charge is 0.477 e. The number of carboxylic acid groups (broad SMARTS) is 1. The molecular formula is C18H25N3O4S. The van der Waals surface area contributed by atoms with E-state index in [4.69, 9.17) is 5.73 Å². The van der Waals surface area contributed by atoms with Crippen LogP contribution in [0.2, 0.25) is 0 Å². The number of aromatic amines is 1. The Bertz CT molecular complexity index is 941. The molecule has 4 N–H and O–H groups in total. The zero-order valence-electron chi connectivity index (χ0n) is 15.1. The Morgan fingerprint density at radius 1 is 1.31 bits per heavy atom. The summed E-state index contributed by atoms with van der Waals surface area (Å²) >= 11 is 0. The molecule has 1 saturated heterocycles. The van der Waals surface area contributed by atoms with Gasteiger partial charge >= 0.3 is 5.97 Å². The quantitative estimate of drug-likeness (QED) is 0.710. The molecule has 3 rings (SSSR count). The Labute approximate surface area is 153 Å². The predicted octanol–water partition coefficient (Wildman–Crippen LogP) is 2.03. The van der Waals surface area contributed by atoms with Crippen molar-refractivity contribution in [1.29, 1.82) is 0 Å². The van der Waals surface area contributed by atoms with Crippen molar-refractivity contribution in [3.63, 3.8) is 0 Å². The summed E-state index contributed by atoms with van der Waals surface area (Å²) in [5.74, 6) is -1.14. The third kappa shape index (κ3) is 3.36. The van der Waals surface area contributed by atoms with Gasteiger partial charge in [0.15, 0.2) is 0 Å². The van der Waals surface area contributed by atoms with Crippen molar-refractivity contribution in [3.05, 3.63) is 35.0 Å². The van der Waals surface area contributed by atoms with E-state index in [0.717, 1.165) is 12.8 Å². The first-order chi connectivity index (χ1) is 12.2. The van der Waals surface area contributed by atoms with Crippen molar-refractivity contribution >= 4 is 26.9 Å². The maximum atomic E-state index is 12.6. The monoisotopic (exact) mass is 379 g/mol. The average Bonchev–Trinajstić information content (AvgIpc) is 3.22. The summed E-state index contributed by atoms with van der Waals surface area (Å²) in [5, 5.41) is 10.3. The molecule has 1 aromatic carbocycles. The molecule has 0 atom stereocenters. The van der Waals surface area contributed by atoms with Crippen molar-refractivity contribution in [2.24, 2.45) is 5.73 Å². The predicted molar refractivity (Wildman–Crippen MR) is 101 cm³/mol. The van der Waals surface area contributed by atoms with Gasteiger partial charge in [-0.25, -0.2) is 17.5 Å². The van der Waals surface area contributed by atoms with Gasteiger partial charge in [0.05, 0.1) is 5.75 Å². The minimum atomic E-state index is -3.36. The third-order valence-corrected chi connectivity index (χ3v) is 6.92. The molecule has 0 radical (unpaired) electrons. The van der Waals surface area contributed by atoms with E-state index < -0.39 is 21.4 Å². The average molecular weight is 379 g/mol. The molecule has 0 amide bonds. The standard InChI is InChI=1S/C18H25N3O4S/c1-18(2,11-19)15-13-9-12(5-6-14(13)20-16(15)17(22)23)10-26(24,25)21-7-3-4-8-21/h5-6,9,20H,3-4,7-8,10-11,19H2,1-2H3,(H,22,23). The molecule has 8 heteroatoms. The van der Waals surface area contributed by atoms with Crippen LogP contribution in [0, 0.1) is 0 Å². The highest BCUT2D eigenvalue weighted by atomic mass is 32.2. The van der Waals surface area contributed by atoms with Crippen molar-refractivity contribution in [3.8, 4) is 0 Å². The summed E-state index contributed by atoms with van der Waals surface area (Å²) in [4.78, 5) is 14.6. The lowest BCUT2D eigenvalue weighted by atomic mass is 9.82. The van der Waals surface area contributed by atoms with E-state index >= 15 is 0 Å². The number of fused-ring (bicyclic) bond motifs is 1. The fourth-order valence-corrected chi connectivity index (χ4v) is 5.16. The van der Waals surface area contributed by atoms with Crippen LogP contribution in [0.1, 0.15) is 48.3 Å². The Balaban J connectivity index is 2.07. The Morgan fingerprint density at radius 3 is 2.54 bits per heavy atom. The summed E-state index contributed by atoms with van der Waals surface area (Å²) in [6, 6.07) is 5.25. The van der Waals surface area contributed by atoms with Gasteiger partial charge in [0.1, 0.15) is 5.69 Å². The maximum Gasteiger partial charge on any atom is 0.352 e. The molecule has 0 saturated carbocycles. The minimum Gasteiger partial charge on any atom is -0.477 e. The van der Waals surface area contributed by atoms with Gasteiger partial charge in [-0.15, -0.1) is 0 Å². The summed E-state index contributed by atoms with van der Waals surface area (Å²) < 4.78 is 26.7. The Morgan fingerprint density at radius 2 is 1.96 bits per heavy atom. The van der Waals surface area contributed by atoms with Crippen LogP contribution in [0.5, 0.6) is 0 Å². The number of hydrogen-bond donors (Lipinski definition) is 3. The van der Waals surface area contributed by atoms with Crippen molar-refractivity contribution in [1.82, 2.24) is 9.29 Å². The van der Waals surface area contributed by atoms with Gasteiger partial charge in [-0.1, -0.05) is 19.9 Å². The summed E-state index contributed by atoms with van der Waals surface area (Å²) in [7, 11) is -3.36. The van der Waals surface area contributed by atoms with Crippen LogP contribution >= 0.6 is 0 Å². The lowest BCUT2D eigenvalue weighted by Crippen LogP contribution is -2.30. The Hall–Kier alpha value is -1.90. The first-order valence-electron chi connectivity index (χ1n) is 8.72. The highest BCUT2D eigenvalue weighted by molar-refractivity contribution is 7.88. The molecule has 0 aliphatic carbocycles. The first kappa shape index (κ1) is 18.9. The van der Waals surface area contributed by atoms with Crippen molar-refractivity contribution < 1.29 is 18.3 Å². The second-order valence-corrected chi connectivity index (χ2v) is 9.48. The first-order valence-corrected chi connectivity index (χ1v) is 10.3. The molecule has 1 aliphatic heterocycles. The van der Waals surface area contributed by atoms with Crippen LogP contribution in [-0.2, 0) is 21.2 Å². The number of nitrogens with one attached hydrogen (secondary N) is 1. The van der Waals surface area contributed by atoms with Gasteiger partial charge in [0.2, 0.25) is 10.0 Å². The van der Waals surface area contributed by atoms with E-state index in [1.54, 1.807) is 18.2 Å². The molecule has 0 bridgehead atoms. The molecule has 26 heavy (non-hydrogen) atoms. The highest BCUT2D eigenvalue weighted by Gasteiger charge is 2.30. The smallest absolute Gasteiger partial charge is 0.352 e.